The molecule has 1 amide bonds. The van der Waals surface area contributed by atoms with Crippen molar-refractivity contribution in [1.82, 2.24) is 14.5 Å². The zero-order chi connectivity index (χ0) is 30.4. The average molecular weight is 595 g/mol. The molecule has 0 aliphatic carbocycles. The Morgan fingerprint density at radius 2 is 1.85 bits per heavy atom. The average Bonchev–Trinajstić information content (AvgIpc) is 3.31. The number of nitrogens with zero attached hydrogens (tertiary/aromatic N) is 4. The lowest BCUT2D eigenvalue weighted by atomic mass is 10.1. The van der Waals surface area contributed by atoms with Crippen molar-refractivity contribution in [2.24, 2.45) is 5.92 Å². The maximum absolute atomic E-state index is 13.4. The van der Waals surface area contributed by atoms with Crippen LogP contribution in [0, 0.1) is 17.2 Å². The summed E-state index contributed by atoms with van der Waals surface area (Å²) < 4.78 is 67.6. The van der Waals surface area contributed by atoms with Gasteiger partial charge in [0.05, 0.1) is 36.1 Å². The van der Waals surface area contributed by atoms with Gasteiger partial charge in [0.1, 0.15) is 18.3 Å². The minimum Gasteiger partial charge on any atom is -0.390 e. The molecule has 0 atom stereocenters. The Morgan fingerprint density at radius 3 is 2.41 bits per heavy atom. The third-order valence-corrected chi connectivity index (χ3v) is 7.11. The van der Waals surface area contributed by atoms with Crippen LogP contribution in [-0.2, 0) is 16.7 Å². The molecule has 1 heterocycles. The van der Waals surface area contributed by atoms with Gasteiger partial charge in [0.2, 0.25) is 0 Å². The molecule has 0 radical (unpaired) electrons. The van der Waals surface area contributed by atoms with E-state index in [9.17, 15) is 41.9 Å². The van der Waals surface area contributed by atoms with Crippen molar-refractivity contribution < 1.29 is 40.8 Å². The van der Waals surface area contributed by atoms with Crippen LogP contribution in [0.3, 0.4) is 0 Å². The van der Waals surface area contributed by atoms with E-state index in [1.807, 2.05) is 19.9 Å². The predicted octanol–water partition coefficient (Wildman–Crippen LogP) is 4.00. The van der Waals surface area contributed by atoms with E-state index < -0.39 is 47.7 Å². The summed E-state index contributed by atoms with van der Waals surface area (Å²) in [6.07, 6.45) is -5.63. The highest BCUT2D eigenvalue weighted by atomic mass is 32.2. The fraction of sp³-hybridized carbons (Fsp3) is 0.370. The highest BCUT2D eigenvalue weighted by Crippen LogP contribution is 2.30. The molecule has 2 aromatic carbocycles. The molecular weight excluding hydrogens is 565 g/mol. The first-order valence-electron chi connectivity index (χ1n) is 12.5. The van der Waals surface area contributed by atoms with Crippen LogP contribution in [0.15, 0.2) is 48.5 Å². The number of benzene rings is 2. The lowest BCUT2D eigenvalue weighted by molar-refractivity contribution is -0.130. The van der Waals surface area contributed by atoms with Crippen molar-refractivity contribution in [3.8, 4) is 28.9 Å². The Kier molecular flexibility index (Phi) is 10.1. The molecule has 0 bridgehead atoms. The smallest absolute Gasteiger partial charge is 0.390 e. The fourth-order valence-corrected chi connectivity index (χ4v) is 4.82. The monoisotopic (exact) mass is 594 g/mol. The highest BCUT2D eigenvalue weighted by Gasteiger charge is 2.31. The van der Waals surface area contributed by atoms with Crippen LogP contribution in [-0.4, -0.2) is 64.2 Å². The summed E-state index contributed by atoms with van der Waals surface area (Å²) >= 11 is 0. The maximum atomic E-state index is 13.4. The third-order valence-electron chi connectivity index (χ3n) is 5.96. The van der Waals surface area contributed by atoms with Crippen LogP contribution in [0.2, 0.25) is 0 Å². The molecule has 0 saturated carbocycles. The van der Waals surface area contributed by atoms with E-state index in [0.717, 1.165) is 0 Å². The second-order valence-electron chi connectivity index (χ2n) is 9.51. The summed E-state index contributed by atoms with van der Waals surface area (Å²) in [5, 5.41) is 29.6. The number of carbonyl (C=O) groups excluding carboxylic acids is 1. The predicted molar refractivity (Wildman–Crippen MR) is 142 cm³/mol. The second kappa shape index (κ2) is 13.2. The molecule has 0 fully saturated rings. The van der Waals surface area contributed by atoms with Gasteiger partial charge in [-0.2, -0.15) is 26.9 Å². The quantitative estimate of drug-likeness (QED) is 0.236. The van der Waals surface area contributed by atoms with Crippen molar-refractivity contribution in [1.29, 1.82) is 5.26 Å². The van der Waals surface area contributed by atoms with E-state index in [0.29, 0.717) is 23.2 Å². The van der Waals surface area contributed by atoms with Crippen molar-refractivity contribution in [3.63, 3.8) is 0 Å². The summed E-state index contributed by atoms with van der Waals surface area (Å²) in [5.74, 6) is -1.72. The maximum Gasteiger partial charge on any atom is 0.390 e. The van der Waals surface area contributed by atoms with Crippen LogP contribution in [0.4, 0.5) is 13.2 Å². The first-order chi connectivity index (χ1) is 19.3. The Morgan fingerprint density at radius 1 is 1.17 bits per heavy atom. The highest BCUT2D eigenvalue weighted by molar-refractivity contribution is 7.87. The summed E-state index contributed by atoms with van der Waals surface area (Å²) in [7, 11) is -4.53. The van der Waals surface area contributed by atoms with Crippen molar-refractivity contribution in [2.45, 2.75) is 39.5 Å². The number of aliphatic hydroxyl groups excluding tert-OH is 2. The van der Waals surface area contributed by atoms with Gasteiger partial charge in [0.15, 0.2) is 5.69 Å². The SMILES string of the molecule is CC(C)CCN(CO)C(=O)c1nc(-c2cccc(C#N)c2)n(-c2ccc(OS(=O)(=O)CCC(F)(F)F)cc2)c1CO. The van der Waals surface area contributed by atoms with Gasteiger partial charge in [0.25, 0.3) is 5.91 Å². The molecule has 0 saturated heterocycles. The van der Waals surface area contributed by atoms with Gasteiger partial charge < -0.3 is 19.3 Å². The zero-order valence-corrected chi connectivity index (χ0v) is 23.1. The number of carbonyl (C=O) groups is 1. The minimum absolute atomic E-state index is 0.0572. The number of aromatic nitrogens is 2. The molecule has 220 valence electrons. The summed E-state index contributed by atoms with van der Waals surface area (Å²) in [5.41, 5.74) is 0.943. The molecule has 0 aliphatic rings. The Balaban J connectivity index is 2.08. The normalized spacial score (nSPS) is 11.9. The van der Waals surface area contributed by atoms with Gasteiger partial charge in [-0.3, -0.25) is 9.36 Å². The van der Waals surface area contributed by atoms with Crippen LogP contribution in [0.5, 0.6) is 5.75 Å². The summed E-state index contributed by atoms with van der Waals surface area (Å²) in [4.78, 5) is 19.1. The summed E-state index contributed by atoms with van der Waals surface area (Å²) in [6, 6.07) is 13.5. The molecule has 0 aliphatic heterocycles. The number of hydrogen-bond acceptors (Lipinski definition) is 8. The van der Waals surface area contributed by atoms with Crippen LogP contribution in [0.1, 0.15) is 48.4 Å². The molecule has 10 nitrogen and oxygen atoms in total. The summed E-state index contributed by atoms with van der Waals surface area (Å²) in [6.45, 7) is 2.92. The number of amides is 1. The molecule has 0 unspecified atom stereocenters. The number of halogens is 3. The van der Waals surface area contributed by atoms with Gasteiger partial charge in [-0.15, -0.1) is 0 Å². The Bertz CT molecular complexity index is 1510. The Labute approximate surface area is 235 Å². The molecule has 2 N–H and O–H groups in total. The Hall–Kier alpha value is -3.93. The lowest BCUT2D eigenvalue weighted by Gasteiger charge is -2.20. The van der Waals surface area contributed by atoms with Crippen LogP contribution >= 0.6 is 0 Å². The largest absolute Gasteiger partial charge is 0.390 e. The van der Waals surface area contributed by atoms with Crippen molar-refractivity contribution in [2.75, 3.05) is 19.0 Å². The number of nitriles is 1. The molecule has 3 rings (SSSR count). The second-order valence-corrected chi connectivity index (χ2v) is 11.2. The van der Waals surface area contributed by atoms with E-state index in [4.69, 9.17) is 4.18 Å². The number of rotatable bonds is 12. The van der Waals surface area contributed by atoms with E-state index in [1.54, 1.807) is 18.2 Å². The molecule has 1 aromatic heterocycles. The number of imidazole rings is 1. The van der Waals surface area contributed by atoms with Crippen molar-refractivity contribution >= 4 is 16.0 Å². The van der Waals surface area contributed by atoms with Gasteiger partial charge in [0, 0.05) is 17.8 Å². The lowest BCUT2D eigenvalue weighted by Crippen LogP contribution is -2.34. The van der Waals surface area contributed by atoms with Gasteiger partial charge in [-0.05, 0) is 48.7 Å². The fourth-order valence-electron chi connectivity index (χ4n) is 3.85. The first-order valence-corrected chi connectivity index (χ1v) is 14.1. The minimum atomic E-state index is -4.67. The molecule has 0 spiro atoms. The number of hydrogen-bond donors (Lipinski definition) is 2. The molecule has 41 heavy (non-hydrogen) atoms. The van der Waals surface area contributed by atoms with E-state index in [2.05, 4.69) is 4.98 Å². The van der Waals surface area contributed by atoms with E-state index in [1.165, 1.54) is 39.8 Å². The number of aliphatic hydroxyl groups is 2. The molecule has 3 aromatic rings. The van der Waals surface area contributed by atoms with E-state index in [-0.39, 0.29) is 35.4 Å². The van der Waals surface area contributed by atoms with E-state index >= 15 is 0 Å². The first kappa shape index (κ1) is 31.6. The van der Waals surface area contributed by atoms with Crippen molar-refractivity contribution in [3.05, 3.63) is 65.5 Å². The zero-order valence-electron chi connectivity index (χ0n) is 22.3. The molecule has 14 heteroatoms. The topological polar surface area (TPSA) is 146 Å². The van der Waals surface area contributed by atoms with Crippen LogP contribution < -0.4 is 4.18 Å². The number of alkyl halides is 3. The van der Waals surface area contributed by atoms with Crippen LogP contribution in [0.25, 0.3) is 17.1 Å². The third kappa shape index (κ3) is 8.29. The van der Waals surface area contributed by atoms with Gasteiger partial charge in [-0.25, -0.2) is 4.98 Å². The van der Waals surface area contributed by atoms with Gasteiger partial charge in [-0.1, -0.05) is 26.0 Å². The molecular formula is C27H29F3N4O6S. The standard InChI is InChI=1S/C27H29F3N4O6S/c1-18(2)10-12-33(17-36)26(37)24-23(16-35)34(25(32-24)20-5-3-4-19(14-20)15-31)21-6-8-22(9-7-21)40-41(38,39)13-11-27(28,29)30/h3-9,14,18,35-36H,10-13,16-17H2,1-2H3. The van der Waals surface area contributed by atoms with Gasteiger partial charge >= 0.3 is 16.3 Å².